The van der Waals surface area contributed by atoms with Crippen molar-refractivity contribution in [3.05, 3.63) is 31.1 Å². The number of hydrogen-bond donors (Lipinski definition) is 1. The van der Waals surface area contributed by atoms with Crippen molar-refractivity contribution in [2.45, 2.75) is 0 Å². The van der Waals surface area contributed by atoms with Crippen molar-refractivity contribution >= 4 is 5.91 Å². The molecule has 0 aliphatic rings. The van der Waals surface area contributed by atoms with Crippen LogP contribution in [0, 0.1) is 0 Å². The predicted molar refractivity (Wildman–Crippen MR) is 50.7 cm³/mol. The fraction of sp³-hybridized carbons (Fsp3) is 0.222. The molecule has 0 aromatic carbocycles. The van der Waals surface area contributed by atoms with Gasteiger partial charge < -0.3 is 10.1 Å². The maximum absolute atomic E-state index is 10.7. The van der Waals surface area contributed by atoms with Crippen LogP contribution in [0.1, 0.15) is 0 Å². The van der Waals surface area contributed by atoms with Gasteiger partial charge >= 0.3 is 6.01 Å². The summed E-state index contributed by atoms with van der Waals surface area (Å²) in [5, 5.41) is 2.57. The highest BCUT2D eigenvalue weighted by atomic mass is 16.5. The molecule has 5 nitrogen and oxygen atoms in total. The molecule has 0 saturated carbocycles. The lowest BCUT2D eigenvalue weighted by Crippen LogP contribution is -2.26. The minimum absolute atomic E-state index is 0.220. The summed E-state index contributed by atoms with van der Waals surface area (Å²) >= 11 is 0. The zero-order chi connectivity index (χ0) is 10.2. The standard InChI is InChI=1S/C9H11N3O2/c1-2-8(13)10-6-7-14-9-11-4-3-5-12-9/h2-5H,1,6-7H2,(H,10,13). The second-order valence-corrected chi connectivity index (χ2v) is 2.37. The van der Waals surface area contributed by atoms with Crippen LogP contribution in [-0.2, 0) is 4.79 Å². The average molecular weight is 193 g/mol. The molecule has 0 fully saturated rings. The second-order valence-electron chi connectivity index (χ2n) is 2.37. The van der Waals surface area contributed by atoms with Crippen LogP contribution >= 0.6 is 0 Å². The Balaban J connectivity index is 2.16. The molecule has 0 radical (unpaired) electrons. The van der Waals surface area contributed by atoms with Gasteiger partial charge in [0.2, 0.25) is 5.91 Å². The smallest absolute Gasteiger partial charge is 0.316 e. The molecule has 0 spiro atoms. The van der Waals surface area contributed by atoms with E-state index in [1.54, 1.807) is 18.5 Å². The van der Waals surface area contributed by atoms with Gasteiger partial charge in [-0.3, -0.25) is 4.79 Å². The van der Waals surface area contributed by atoms with Crippen molar-refractivity contribution in [1.29, 1.82) is 0 Å². The van der Waals surface area contributed by atoms with E-state index in [0.717, 1.165) is 0 Å². The van der Waals surface area contributed by atoms with Crippen molar-refractivity contribution in [2.24, 2.45) is 0 Å². The van der Waals surface area contributed by atoms with Crippen molar-refractivity contribution in [3.8, 4) is 6.01 Å². The number of rotatable bonds is 5. The van der Waals surface area contributed by atoms with Gasteiger partial charge in [0.15, 0.2) is 0 Å². The highest BCUT2D eigenvalue weighted by Crippen LogP contribution is 1.95. The SMILES string of the molecule is C=CC(=O)NCCOc1ncccn1. The Bertz CT molecular complexity index is 300. The lowest BCUT2D eigenvalue weighted by molar-refractivity contribution is -0.116. The molecule has 1 heterocycles. The Labute approximate surface area is 81.8 Å². The van der Waals surface area contributed by atoms with Gasteiger partial charge in [0, 0.05) is 12.4 Å². The zero-order valence-electron chi connectivity index (χ0n) is 7.64. The van der Waals surface area contributed by atoms with E-state index in [9.17, 15) is 4.79 Å². The maximum Gasteiger partial charge on any atom is 0.316 e. The Morgan fingerprint density at radius 3 is 2.93 bits per heavy atom. The van der Waals surface area contributed by atoms with Crippen molar-refractivity contribution in [1.82, 2.24) is 15.3 Å². The first-order chi connectivity index (χ1) is 6.83. The molecule has 1 rings (SSSR count). The quantitative estimate of drug-likeness (QED) is 0.534. The molecule has 1 N–H and O–H groups in total. The van der Waals surface area contributed by atoms with E-state index in [-0.39, 0.29) is 5.91 Å². The number of aromatic nitrogens is 2. The monoisotopic (exact) mass is 193 g/mol. The number of nitrogens with one attached hydrogen (secondary N) is 1. The highest BCUT2D eigenvalue weighted by Gasteiger charge is 1.95. The van der Waals surface area contributed by atoms with Gasteiger partial charge in [0.05, 0.1) is 6.54 Å². The number of hydrogen-bond acceptors (Lipinski definition) is 4. The largest absolute Gasteiger partial charge is 0.462 e. The highest BCUT2D eigenvalue weighted by molar-refractivity contribution is 5.86. The van der Waals surface area contributed by atoms with Gasteiger partial charge in [-0.1, -0.05) is 6.58 Å². The number of ether oxygens (including phenoxy) is 1. The number of nitrogens with zero attached hydrogens (tertiary/aromatic N) is 2. The molecule has 0 aliphatic carbocycles. The molecule has 74 valence electrons. The van der Waals surface area contributed by atoms with Gasteiger partial charge in [-0.15, -0.1) is 0 Å². The summed E-state index contributed by atoms with van der Waals surface area (Å²) in [6, 6.07) is 2.01. The number of amides is 1. The predicted octanol–water partition coefficient (Wildman–Crippen LogP) is 0.158. The molecule has 1 amide bonds. The lowest BCUT2D eigenvalue weighted by atomic mass is 10.5. The Kier molecular flexibility index (Phi) is 4.13. The Hall–Kier alpha value is -1.91. The molecular formula is C9H11N3O2. The maximum atomic E-state index is 10.7. The van der Waals surface area contributed by atoms with Gasteiger partial charge in [-0.05, 0) is 12.1 Å². The fourth-order valence-corrected chi connectivity index (χ4v) is 0.749. The summed E-state index contributed by atoms with van der Waals surface area (Å²) in [5.74, 6) is -0.220. The van der Waals surface area contributed by atoms with Crippen LogP contribution in [0.5, 0.6) is 6.01 Å². The summed E-state index contributed by atoms with van der Waals surface area (Å²) in [6.07, 6.45) is 4.38. The van der Waals surface area contributed by atoms with Crippen LogP contribution in [0.4, 0.5) is 0 Å². The molecule has 5 heteroatoms. The van der Waals surface area contributed by atoms with Crippen molar-refractivity contribution in [2.75, 3.05) is 13.2 Å². The minimum Gasteiger partial charge on any atom is -0.462 e. The third-order valence-corrected chi connectivity index (χ3v) is 1.36. The molecule has 0 saturated heterocycles. The van der Waals surface area contributed by atoms with Gasteiger partial charge in [0.1, 0.15) is 6.61 Å². The molecule has 0 aliphatic heterocycles. The first kappa shape index (κ1) is 10.2. The van der Waals surface area contributed by atoms with Crippen molar-refractivity contribution < 1.29 is 9.53 Å². The van der Waals surface area contributed by atoms with E-state index in [1.165, 1.54) is 6.08 Å². The molecule has 14 heavy (non-hydrogen) atoms. The van der Waals surface area contributed by atoms with Crippen LogP contribution in [0.3, 0.4) is 0 Å². The molecule has 1 aromatic rings. The summed E-state index contributed by atoms with van der Waals surface area (Å²) in [5.41, 5.74) is 0. The van der Waals surface area contributed by atoms with E-state index < -0.39 is 0 Å². The topological polar surface area (TPSA) is 64.1 Å². The van der Waals surface area contributed by atoms with Crippen LogP contribution < -0.4 is 10.1 Å². The Morgan fingerprint density at radius 2 is 2.29 bits per heavy atom. The number of carbonyl (C=O) groups is 1. The molecule has 0 bridgehead atoms. The first-order valence-electron chi connectivity index (χ1n) is 4.13. The molecule has 0 atom stereocenters. The van der Waals surface area contributed by atoms with Crippen LogP contribution in [0.15, 0.2) is 31.1 Å². The average Bonchev–Trinajstić information content (AvgIpc) is 2.25. The molecular weight excluding hydrogens is 182 g/mol. The van der Waals surface area contributed by atoms with Crippen LogP contribution in [0.2, 0.25) is 0 Å². The van der Waals surface area contributed by atoms with E-state index in [1.807, 2.05) is 0 Å². The zero-order valence-corrected chi connectivity index (χ0v) is 7.64. The number of carbonyl (C=O) groups excluding carboxylic acids is 1. The fourth-order valence-electron chi connectivity index (χ4n) is 0.749. The molecule has 1 aromatic heterocycles. The second kappa shape index (κ2) is 5.69. The normalized spacial score (nSPS) is 9.14. The van der Waals surface area contributed by atoms with E-state index in [0.29, 0.717) is 19.2 Å². The summed E-state index contributed by atoms with van der Waals surface area (Å²) in [4.78, 5) is 18.4. The first-order valence-corrected chi connectivity index (χ1v) is 4.13. The summed E-state index contributed by atoms with van der Waals surface area (Å²) in [6.45, 7) is 4.06. The van der Waals surface area contributed by atoms with E-state index in [2.05, 4.69) is 21.9 Å². The molecule has 0 unspecified atom stereocenters. The van der Waals surface area contributed by atoms with E-state index in [4.69, 9.17) is 4.74 Å². The van der Waals surface area contributed by atoms with Gasteiger partial charge in [-0.25, -0.2) is 9.97 Å². The van der Waals surface area contributed by atoms with Crippen LogP contribution in [0.25, 0.3) is 0 Å². The minimum atomic E-state index is -0.220. The van der Waals surface area contributed by atoms with E-state index >= 15 is 0 Å². The van der Waals surface area contributed by atoms with Gasteiger partial charge in [-0.2, -0.15) is 0 Å². The van der Waals surface area contributed by atoms with Gasteiger partial charge in [0.25, 0.3) is 0 Å². The van der Waals surface area contributed by atoms with Crippen LogP contribution in [-0.4, -0.2) is 29.0 Å². The Morgan fingerprint density at radius 1 is 1.57 bits per heavy atom. The summed E-state index contributed by atoms with van der Waals surface area (Å²) in [7, 11) is 0. The van der Waals surface area contributed by atoms with Crippen molar-refractivity contribution in [3.63, 3.8) is 0 Å². The third-order valence-electron chi connectivity index (χ3n) is 1.36. The lowest BCUT2D eigenvalue weighted by Gasteiger charge is -2.03. The summed E-state index contributed by atoms with van der Waals surface area (Å²) < 4.78 is 5.13. The third kappa shape index (κ3) is 3.66.